The van der Waals surface area contributed by atoms with Crippen molar-refractivity contribution in [1.82, 2.24) is 4.57 Å². The van der Waals surface area contributed by atoms with Crippen molar-refractivity contribution in [3.05, 3.63) is 65.9 Å². The molecule has 0 unspecified atom stereocenters. The Labute approximate surface area is 107 Å². The number of carbonyl (C=O) groups is 1. The molecule has 19 heavy (non-hydrogen) atoms. The molecule has 1 aromatic heterocycles. The van der Waals surface area contributed by atoms with Gasteiger partial charge in [-0.1, -0.05) is 0 Å². The summed E-state index contributed by atoms with van der Waals surface area (Å²) in [5.41, 5.74) is 1.94. The van der Waals surface area contributed by atoms with Gasteiger partial charge in [-0.05, 0) is 36.4 Å². The molecule has 3 aromatic rings. The number of rotatable bonds is 2. The zero-order chi connectivity index (χ0) is 13.4. The fourth-order valence-electron chi connectivity index (χ4n) is 2.09. The van der Waals surface area contributed by atoms with Crippen LogP contribution in [0.15, 0.2) is 48.7 Å². The Morgan fingerprint density at radius 1 is 0.947 bits per heavy atom. The Morgan fingerprint density at radius 2 is 1.79 bits per heavy atom. The van der Waals surface area contributed by atoms with Gasteiger partial charge in [-0.2, -0.15) is 0 Å². The molecule has 0 atom stereocenters. The molecule has 0 radical (unpaired) electrons. The van der Waals surface area contributed by atoms with Crippen LogP contribution in [0, 0.1) is 11.6 Å². The average molecular weight is 257 g/mol. The third-order valence-corrected chi connectivity index (χ3v) is 3.03. The fourth-order valence-corrected chi connectivity index (χ4v) is 2.09. The van der Waals surface area contributed by atoms with Crippen LogP contribution >= 0.6 is 0 Å². The molecule has 4 heteroatoms. The van der Waals surface area contributed by atoms with Crippen molar-refractivity contribution in [2.24, 2.45) is 0 Å². The maximum Gasteiger partial charge on any atom is 0.160 e. The number of fused-ring (bicyclic) bond motifs is 1. The summed E-state index contributed by atoms with van der Waals surface area (Å²) in [5, 5.41) is 0.870. The Kier molecular flexibility index (Phi) is 2.63. The lowest BCUT2D eigenvalue weighted by atomic mass is 10.2. The fraction of sp³-hybridized carbons (Fsp3) is 0. The molecule has 2 nitrogen and oxygen atoms in total. The van der Waals surface area contributed by atoms with Crippen molar-refractivity contribution >= 4 is 17.2 Å². The minimum atomic E-state index is -0.885. The van der Waals surface area contributed by atoms with Crippen LogP contribution in [0.25, 0.3) is 16.6 Å². The van der Waals surface area contributed by atoms with E-state index >= 15 is 0 Å². The molecule has 0 N–H and O–H groups in total. The summed E-state index contributed by atoms with van der Waals surface area (Å²) in [6, 6.07) is 10.8. The van der Waals surface area contributed by atoms with Gasteiger partial charge in [-0.3, -0.25) is 4.79 Å². The van der Waals surface area contributed by atoms with Crippen molar-refractivity contribution < 1.29 is 13.6 Å². The summed E-state index contributed by atoms with van der Waals surface area (Å²) in [7, 11) is 0. The Morgan fingerprint density at radius 3 is 2.53 bits per heavy atom. The van der Waals surface area contributed by atoms with Gasteiger partial charge in [0.25, 0.3) is 0 Å². The summed E-state index contributed by atoms with van der Waals surface area (Å²) in [6.07, 6.45) is 2.53. The molecule has 0 aliphatic carbocycles. The van der Waals surface area contributed by atoms with Gasteiger partial charge in [0, 0.05) is 28.9 Å². The molecule has 0 aliphatic rings. The first-order chi connectivity index (χ1) is 9.19. The first-order valence-electron chi connectivity index (χ1n) is 5.71. The van der Waals surface area contributed by atoms with Crippen LogP contribution in [0.2, 0.25) is 0 Å². The molecule has 3 rings (SSSR count). The molecule has 0 fully saturated rings. The molecule has 94 valence electrons. The smallest absolute Gasteiger partial charge is 0.160 e. The van der Waals surface area contributed by atoms with E-state index < -0.39 is 11.6 Å². The quantitative estimate of drug-likeness (QED) is 0.641. The van der Waals surface area contributed by atoms with E-state index in [9.17, 15) is 13.6 Å². The van der Waals surface area contributed by atoms with Crippen molar-refractivity contribution in [2.45, 2.75) is 0 Å². The highest BCUT2D eigenvalue weighted by Crippen LogP contribution is 2.22. The first-order valence-corrected chi connectivity index (χ1v) is 5.71. The second-order valence-electron chi connectivity index (χ2n) is 4.22. The maximum absolute atomic E-state index is 13.3. The number of halogens is 2. The van der Waals surface area contributed by atoms with Crippen molar-refractivity contribution in [3.63, 3.8) is 0 Å². The number of benzene rings is 2. The standard InChI is InChI=1S/C15H9F2NO/c16-13-3-2-12(8-14(13)17)18-6-5-11-7-10(9-19)1-4-15(11)18/h1-9H. The largest absolute Gasteiger partial charge is 0.316 e. The van der Waals surface area contributed by atoms with E-state index in [1.807, 2.05) is 6.07 Å². The van der Waals surface area contributed by atoms with E-state index in [-0.39, 0.29) is 0 Å². The topological polar surface area (TPSA) is 22.0 Å². The number of carbonyl (C=O) groups excluding carboxylic acids is 1. The Balaban J connectivity index is 2.19. The Bertz CT molecular complexity index is 777. The number of aromatic nitrogens is 1. The maximum atomic E-state index is 13.3. The van der Waals surface area contributed by atoms with Crippen LogP contribution < -0.4 is 0 Å². The highest BCUT2D eigenvalue weighted by molar-refractivity contribution is 5.88. The van der Waals surface area contributed by atoms with Crippen LogP contribution in [0.4, 0.5) is 8.78 Å². The van der Waals surface area contributed by atoms with E-state index in [2.05, 4.69) is 0 Å². The van der Waals surface area contributed by atoms with E-state index in [4.69, 9.17) is 0 Å². The van der Waals surface area contributed by atoms with Gasteiger partial charge in [0.15, 0.2) is 11.6 Å². The van der Waals surface area contributed by atoms with E-state index in [0.29, 0.717) is 11.3 Å². The number of nitrogens with zero attached hydrogens (tertiary/aromatic N) is 1. The molecule has 0 saturated carbocycles. The highest BCUT2D eigenvalue weighted by atomic mass is 19.2. The SMILES string of the molecule is O=Cc1ccc2c(ccn2-c2ccc(F)c(F)c2)c1. The third-order valence-electron chi connectivity index (χ3n) is 3.03. The predicted octanol–water partition coefficient (Wildman–Crippen LogP) is 3.72. The molecule has 0 saturated heterocycles. The molecule has 0 amide bonds. The van der Waals surface area contributed by atoms with E-state index in [1.165, 1.54) is 6.07 Å². The second-order valence-corrected chi connectivity index (χ2v) is 4.22. The van der Waals surface area contributed by atoms with Crippen molar-refractivity contribution in [3.8, 4) is 5.69 Å². The summed E-state index contributed by atoms with van der Waals surface area (Å²) in [6.45, 7) is 0. The van der Waals surface area contributed by atoms with Crippen LogP contribution in [0.3, 0.4) is 0 Å². The van der Waals surface area contributed by atoms with Crippen LogP contribution in [0.5, 0.6) is 0 Å². The van der Waals surface area contributed by atoms with Gasteiger partial charge in [0.2, 0.25) is 0 Å². The summed E-state index contributed by atoms with van der Waals surface area (Å²) in [5.74, 6) is -1.76. The summed E-state index contributed by atoms with van der Waals surface area (Å²) < 4.78 is 27.9. The third kappa shape index (κ3) is 1.91. The minimum Gasteiger partial charge on any atom is -0.316 e. The minimum absolute atomic E-state index is 0.535. The van der Waals surface area contributed by atoms with Gasteiger partial charge >= 0.3 is 0 Å². The molecule has 2 aromatic carbocycles. The zero-order valence-electron chi connectivity index (χ0n) is 9.81. The molecule has 0 spiro atoms. The van der Waals surface area contributed by atoms with Crippen molar-refractivity contribution in [1.29, 1.82) is 0 Å². The van der Waals surface area contributed by atoms with Crippen LogP contribution in [-0.2, 0) is 0 Å². The van der Waals surface area contributed by atoms with E-state index in [0.717, 1.165) is 29.3 Å². The number of hydrogen-bond donors (Lipinski definition) is 0. The number of hydrogen-bond acceptors (Lipinski definition) is 1. The van der Waals surface area contributed by atoms with Crippen molar-refractivity contribution in [2.75, 3.05) is 0 Å². The average Bonchev–Trinajstić information content (AvgIpc) is 2.84. The predicted molar refractivity (Wildman–Crippen MR) is 68.6 cm³/mol. The zero-order valence-corrected chi connectivity index (χ0v) is 9.81. The molecule has 0 aliphatic heterocycles. The van der Waals surface area contributed by atoms with Crippen LogP contribution in [-0.4, -0.2) is 10.9 Å². The second kappa shape index (κ2) is 4.31. The lowest BCUT2D eigenvalue weighted by Gasteiger charge is -2.06. The van der Waals surface area contributed by atoms with Gasteiger partial charge in [-0.15, -0.1) is 0 Å². The first kappa shape index (κ1) is 11.6. The summed E-state index contributed by atoms with van der Waals surface area (Å²) in [4.78, 5) is 10.7. The lowest BCUT2D eigenvalue weighted by molar-refractivity contribution is 0.112. The van der Waals surface area contributed by atoms with Gasteiger partial charge in [0.1, 0.15) is 6.29 Å². The molecular weight excluding hydrogens is 248 g/mol. The van der Waals surface area contributed by atoms with Gasteiger partial charge in [0.05, 0.1) is 5.52 Å². The van der Waals surface area contributed by atoms with Gasteiger partial charge in [-0.25, -0.2) is 8.78 Å². The van der Waals surface area contributed by atoms with Crippen LogP contribution in [0.1, 0.15) is 10.4 Å². The monoisotopic (exact) mass is 257 g/mol. The Hall–Kier alpha value is -2.49. The van der Waals surface area contributed by atoms with E-state index in [1.54, 1.807) is 29.0 Å². The lowest BCUT2D eigenvalue weighted by Crippen LogP contribution is -1.94. The molecular formula is C15H9F2NO. The normalized spacial score (nSPS) is 10.8. The molecule has 0 bridgehead atoms. The number of aldehydes is 1. The highest BCUT2D eigenvalue weighted by Gasteiger charge is 2.07. The summed E-state index contributed by atoms with van der Waals surface area (Å²) >= 11 is 0. The molecule has 1 heterocycles. The van der Waals surface area contributed by atoms with Gasteiger partial charge < -0.3 is 4.57 Å².